The quantitative estimate of drug-likeness (QED) is 0.584. The first-order chi connectivity index (χ1) is 12.5. The number of aliphatic hydroxyl groups excluding tert-OH is 1. The number of carbonyl (C=O) groups is 1. The number of benzene rings is 2. The molecular weight excluding hydrogens is 371 g/mol. The van der Waals surface area contributed by atoms with Gasteiger partial charge in [-0.25, -0.2) is 0 Å². The van der Waals surface area contributed by atoms with Crippen molar-refractivity contribution < 1.29 is 9.90 Å². The standard InChI is InChI=1S/C20H20Cl2N2O2/c1-2-16-17-10-14(22)7-8-18(17)24-19(16)20(26)23-15(11-25)9-12-3-5-13(21)6-4-12/h3-8,10,15,24-25H,2,9,11H2,1H3,(H,23,26). The lowest BCUT2D eigenvalue weighted by Crippen LogP contribution is -2.39. The molecule has 26 heavy (non-hydrogen) atoms. The Kier molecular flexibility index (Phi) is 5.87. The van der Waals surface area contributed by atoms with E-state index in [1.54, 1.807) is 18.2 Å². The molecule has 0 spiro atoms. The summed E-state index contributed by atoms with van der Waals surface area (Å²) in [5.74, 6) is -0.234. The number of aromatic amines is 1. The van der Waals surface area contributed by atoms with Crippen molar-refractivity contribution in [2.24, 2.45) is 0 Å². The van der Waals surface area contributed by atoms with Gasteiger partial charge >= 0.3 is 0 Å². The molecule has 136 valence electrons. The molecule has 0 saturated carbocycles. The zero-order valence-electron chi connectivity index (χ0n) is 14.4. The third-order valence-electron chi connectivity index (χ3n) is 4.40. The van der Waals surface area contributed by atoms with E-state index in [0.29, 0.717) is 28.6 Å². The number of H-pyrrole nitrogens is 1. The molecule has 4 nitrogen and oxygen atoms in total. The Bertz CT molecular complexity index is 919. The van der Waals surface area contributed by atoms with Crippen LogP contribution < -0.4 is 5.32 Å². The predicted octanol–water partition coefficient (Wildman–Crippen LogP) is 4.37. The van der Waals surface area contributed by atoms with Crippen molar-refractivity contribution in [1.82, 2.24) is 10.3 Å². The van der Waals surface area contributed by atoms with Gasteiger partial charge in [-0.15, -0.1) is 0 Å². The van der Waals surface area contributed by atoms with E-state index in [9.17, 15) is 9.90 Å². The first-order valence-electron chi connectivity index (χ1n) is 8.48. The van der Waals surface area contributed by atoms with E-state index in [0.717, 1.165) is 22.0 Å². The van der Waals surface area contributed by atoms with E-state index >= 15 is 0 Å². The fourth-order valence-corrected chi connectivity index (χ4v) is 3.40. The highest BCUT2D eigenvalue weighted by Gasteiger charge is 2.20. The summed E-state index contributed by atoms with van der Waals surface area (Å²) in [6.07, 6.45) is 1.22. The molecule has 1 aromatic heterocycles. The Hall–Kier alpha value is -2.01. The summed E-state index contributed by atoms with van der Waals surface area (Å²) < 4.78 is 0. The number of carbonyl (C=O) groups excluding carboxylic acids is 1. The molecule has 0 aliphatic heterocycles. The third kappa shape index (κ3) is 4.04. The van der Waals surface area contributed by atoms with Crippen molar-refractivity contribution in [3.63, 3.8) is 0 Å². The Balaban J connectivity index is 1.81. The summed E-state index contributed by atoms with van der Waals surface area (Å²) in [6.45, 7) is 1.85. The van der Waals surface area contributed by atoms with Crippen molar-refractivity contribution >= 4 is 40.0 Å². The van der Waals surface area contributed by atoms with Crippen molar-refractivity contribution in [1.29, 1.82) is 0 Å². The van der Waals surface area contributed by atoms with E-state index < -0.39 is 0 Å². The van der Waals surface area contributed by atoms with Gasteiger partial charge in [0.15, 0.2) is 0 Å². The molecule has 1 atom stereocenters. The van der Waals surface area contributed by atoms with Gasteiger partial charge in [-0.2, -0.15) is 0 Å². The number of hydrogen-bond acceptors (Lipinski definition) is 2. The second-order valence-corrected chi connectivity index (χ2v) is 7.08. The van der Waals surface area contributed by atoms with Crippen molar-refractivity contribution in [2.45, 2.75) is 25.8 Å². The summed E-state index contributed by atoms with van der Waals surface area (Å²) in [4.78, 5) is 16.0. The predicted molar refractivity (Wildman–Crippen MR) is 106 cm³/mol. The summed E-state index contributed by atoms with van der Waals surface area (Å²) >= 11 is 12.0. The number of aliphatic hydroxyl groups is 1. The third-order valence-corrected chi connectivity index (χ3v) is 4.89. The van der Waals surface area contributed by atoms with Crippen LogP contribution in [0.4, 0.5) is 0 Å². The highest BCUT2D eigenvalue weighted by molar-refractivity contribution is 6.31. The van der Waals surface area contributed by atoms with Crippen molar-refractivity contribution in [2.75, 3.05) is 6.61 Å². The topological polar surface area (TPSA) is 65.1 Å². The Labute approximate surface area is 162 Å². The van der Waals surface area contributed by atoms with Crippen LogP contribution in [-0.2, 0) is 12.8 Å². The van der Waals surface area contributed by atoms with Crippen LogP contribution in [0, 0.1) is 0 Å². The molecular formula is C20H20Cl2N2O2. The van der Waals surface area contributed by atoms with E-state index in [-0.39, 0.29) is 18.6 Å². The second-order valence-electron chi connectivity index (χ2n) is 6.21. The SMILES string of the molecule is CCc1c(C(=O)NC(CO)Cc2ccc(Cl)cc2)[nH]c2ccc(Cl)cc12. The summed E-state index contributed by atoms with van der Waals surface area (Å²) in [6, 6.07) is 12.5. The average molecular weight is 391 g/mol. The van der Waals surface area contributed by atoms with Crippen molar-refractivity contribution in [3.05, 3.63) is 69.3 Å². The number of fused-ring (bicyclic) bond motifs is 1. The number of aromatic nitrogens is 1. The lowest BCUT2D eigenvalue weighted by molar-refractivity contribution is 0.0911. The lowest BCUT2D eigenvalue weighted by Gasteiger charge is -2.16. The van der Waals surface area contributed by atoms with Gasteiger partial charge in [-0.1, -0.05) is 42.3 Å². The Morgan fingerprint density at radius 2 is 1.85 bits per heavy atom. The number of nitrogens with one attached hydrogen (secondary N) is 2. The minimum absolute atomic E-state index is 0.151. The molecule has 3 N–H and O–H groups in total. The van der Waals surface area contributed by atoms with Gasteiger partial charge < -0.3 is 15.4 Å². The fraction of sp³-hybridized carbons (Fsp3) is 0.250. The smallest absolute Gasteiger partial charge is 0.268 e. The molecule has 0 saturated heterocycles. The monoisotopic (exact) mass is 390 g/mol. The van der Waals surface area contributed by atoms with Crippen LogP contribution in [0.15, 0.2) is 42.5 Å². The van der Waals surface area contributed by atoms with E-state index in [2.05, 4.69) is 10.3 Å². The lowest BCUT2D eigenvalue weighted by atomic mass is 10.1. The molecule has 6 heteroatoms. The van der Waals surface area contributed by atoms with E-state index in [1.165, 1.54) is 0 Å². The van der Waals surface area contributed by atoms with E-state index in [4.69, 9.17) is 23.2 Å². The number of halogens is 2. The molecule has 0 radical (unpaired) electrons. The van der Waals surface area contributed by atoms with Crippen LogP contribution >= 0.6 is 23.2 Å². The normalized spacial score (nSPS) is 12.3. The highest BCUT2D eigenvalue weighted by Crippen LogP contribution is 2.26. The highest BCUT2D eigenvalue weighted by atomic mass is 35.5. The summed E-state index contributed by atoms with van der Waals surface area (Å²) in [7, 11) is 0. The van der Waals surface area contributed by atoms with Crippen molar-refractivity contribution in [3.8, 4) is 0 Å². The molecule has 0 aliphatic carbocycles. The summed E-state index contributed by atoms with van der Waals surface area (Å²) in [5, 5.41) is 14.8. The molecule has 0 aliphatic rings. The van der Waals surface area contributed by atoms with Crippen LogP contribution in [0.2, 0.25) is 10.0 Å². The first-order valence-corrected chi connectivity index (χ1v) is 9.23. The minimum atomic E-state index is -0.386. The van der Waals surface area contributed by atoms with Crippen LogP contribution in [0.25, 0.3) is 10.9 Å². The van der Waals surface area contributed by atoms with Crippen LogP contribution in [0.3, 0.4) is 0 Å². The molecule has 0 bridgehead atoms. The maximum absolute atomic E-state index is 12.8. The molecule has 1 unspecified atom stereocenters. The molecule has 2 aromatic carbocycles. The molecule has 3 aromatic rings. The Morgan fingerprint density at radius 3 is 2.50 bits per heavy atom. The Morgan fingerprint density at radius 1 is 1.15 bits per heavy atom. The molecule has 1 amide bonds. The van der Waals surface area contributed by atoms with Gasteiger partial charge in [-0.05, 0) is 54.3 Å². The number of amides is 1. The van der Waals surface area contributed by atoms with Gasteiger partial charge in [0, 0.05) is 20.9 Å². The molecule has 0 fully saturated rings. The average Bonchev–Trinajstić information content (AvgIpc) is 3.00. The van der Waals surface area contributed by atoms with Crippen LogP contribution in [-0.4, -0.2) is 28.6 Å². The minimum Gasteiger partial charge on any atom is -0.394 e. The molecule has 3 rings (SSSR count). The van der Waals surface area contributed by atoms with Gasteiger partial charge in [0.1, 0.15) is 5.69 Å². The van der Waals surface area contributed by atoms with Gasteiger partial charge in [0.05, 0.1) is 12.6 Å². The largest absolute Gasteiger partial charge is 0.394 e. The number of hydrogen-bond donors (Lipinski definition) is 3. The van der Waals surface area contributed by atoms with Gasteiger partial charge in [0.2, 0.25) is 0 Å². The van der Waals surface area contributed by atoms with E-state index in [1.807, 2.05) is 31.2 Å². The first kappa shape index (κ1) is 18.8. The van der Waals surface area contributed by atoms with Gasteiger partial charge in [0.25, 0.3) is 5.91 Å². The van der Waals surface area contributed by atoms with Crippen LogP contribution in [0.1, 0.15) is 28.5 Å². The summed E-state index contributed by atoms with van der Waals surface area (Å²) in [5.41, 5.74) is 3.30. The maximum atomic E-state index is 12.8. The maximum Gasteiger partial charge on any atom is 0.268 e. The van der Waals surface area contributed by atoms with Gasteiger partial charge in [-0.3, -0.25) is 4.79 Å². The zero-order valence-corrected chi connectivity index (χ0v) is 15.9. The zero-order chi connectivity index (χ0) is 18.7. The molecule has 1 heterocycles. The number of rotatable bonds is 6. The van der Waals surface area contributed by atoms with Crippen LogP contribution in [0.5, 0.6) is 0 Å². The fourth-order valence-electron chi connectivity index (χ4n) is 3.10. The number of aryl methyl sites for hydroxylation is 1. The second kappa shape index (κ2) is 8.12.